The summed E-state index contributed by atoms with van der Waals surface area (Å²) in [6, 6.07) is 14.0. The first-order valence-corrected chi connectivity index (χ1v) is 15.0. The van der Waals surface area contributed by atoms with Gasteiger partial charge in [-0.3, -0.25) is 4.79 Å². The average molecular weight is 595 g/mol. The van der Waals surface area contributed by atoms with E-state index in [1.165, 1.54) is 11.3 Å². The first kappa shape index (κ1) is 24.7. The van der Waals surface area contributed by atoms with E-state index in [9.17, 15) is 13.2 Å². The van der Waals surface area contributed by atoms with Crippen molar-refractivity contribution in [3.63, 3.8) is 0 Å². The zero-order valence-corrected chi connectivity index (χ0v) is 22.9. The molecule has 1 saturated carbocycles. The number of sulfone groups is 1. The highest BCUT2D eigenvalue weighted by Gasteiger charge is 2.49. The second-order valence-electron chi connectivity index (χ2n) is 9.01. The second-order valence-corrected chi connectivity index (χ2v) is 13.5. The number of carbonyl (C=O) groups excluding carboxylic acids is 1. The Bertz CT molecular complexity index is 1290. The van der Waals surface area contributed by atoms with Crippen molar-refractivity contribution in [1.82, 2.24) is 9.88 Å². The standard InChI is InChI=1S/C25H25BrClN3O3S2/c26-19-3-1-18(2-4-19)25(35(32,33)22-7-5-20(27)6-8-22)11-9-21(10-12-25)30-15-14-29(17-23(30)31)24-28-13-16-34-24/h1-8,13,16,21H,9-12,14-15,17H2. The van der Waals surface area contributed by atoms with E-state index in [0.717, 1.165) is 21.7 Å². The molecule has 2 aromatic carbocycles. The monoisotopic (exact) mass is 593 g/mol. The minimum absolute atomic E-state index is 0.0323. The summed E-state index contributed by atoms with van der Waals surface area (Å²) >= 11 is 11.0. The van der Waals surface area contributed by atoms with Gasteiger partial charge in [0.15, 0.2) is 15.0 Å². The molecule has 6 nitrogen and oxygen atoms in total. The van der Waals surface area contributed by atoms with Crippen LogP contribution in [0.5, 0.6) is 0 Å². The minimum atomic E-state index is -3.70. The van der Waals surface area contributed by atoms with Crippen LogP contribution in [0.1, 0.15) is 31.2 Å². The van der Waals surface area contributed by atoms with Crippen LogP contribution in [-0.2, 0) is 19.4 Å². The lowest BCUT2D eigenvalue weighted by Crippen LogP contribution is -2.56. The van der Waals surface area contributed by atoms with E-state index in [1.807, 2.05) is 39.4 Å². The number of carbonyl (C=O) groups is 1. The van der Waals surface area contributed by atoms with Crippen molar-refractivity contribution in [2.24, 2.45) is 0 Å². The van der Waals surface area contributed by atoms with Crippen molar-refractivity contribution >= 4 is 59.7 Å². The van der Waals surface area contributed by atoms with E-state index in [0.29, 0.717) is 43.8 Å². The Kier molecular flexibility index (Phi) is 6.96. The van der Waals surface area contributed by atoms with Crippen molar-refractivity contribution in [2.75, 3.05) is 24.5 Å². The normalized spacial score (nSPS) is 23.5. The molecule has 10 heteroatoms. The van der Waals surface area contributed by atoms with E-state index < -0.39 is 14.6 Å². The molecule has 0 radical (unpaired) electrons. The quantitative estimate of drug-likeness (QED) is 0.389. The van der Waals surface area contributed by atoms with Crippen LogP contribution in [-0.4, -0.2) is 49.9 Å². The molecule has 5 rings (SSSR count). The van der Waals surface area contributed by atoms with Gasteiger partial charge in [-0.25, -0.2) is 13.4 Å². The number of piperazine rings is 1. The molecule has 3 aromatic rings. The van der Waals surface area contributed by atoms with Gasteiger partial charge in [-0.15, -0.1) is 11.3 Å². The first-order valence-electron chi connectivity index (χ1n) is 11.5. The zero-order chi connectivity index (χ0) is 24.6. The Balaban J connectivity index is 1.40. The number of halogens is 2. The number of anilines is 1. The molecule has 0 atom stereocenters. The molecule has 1 aliphatic heterocycles. The Morgan fingerprint density at radius 2 is 1.71 bits per heavy atom. The fourth-order valence-electron chi connectivity index (χ4n) is 5.29. The van der Waals surface area contributed by atoms with Gasteiger partial charge in [-0.05, 0) is 67.6 Å². The van der Waals surface area contributed by atoms with E-state index >= 15 is 0 Å². The Morgan fingerprint density at radius 3 is 2.31 bits per heavy atom. The number of thiazole rings is 1. The van der Waals surface area contributed by atoms with Crippen LogP contribution in [0.15, 0.2) is 69.5 Å². The molecule has 35 heavy (non-hydrogen) atoms. The predicted molar refractivity (Wildman–Crippen MR) is 143 cm³/mol. The van der Waals surface area contributed by atoms with Gasteiger partial charge in [-0.2, -0.15) is 0 Å². The van der Waals surface area contributed by atoms with Gasteiger partial charge in [0.25, 0.3) is 0 Å². The van der Waals surface area contributed by atoms with Crippen LogP contribution in [0.25, 0.3) is 0 Å². The number of hydrogen-bond donors (Lipinski definition) is 0. The summed E-state index contributed by atoms with van der Waals surface area (Å²) in [6.45, 7) is 1.67. The second kappa shape index (κ2) is 9.84. The summed E-state index contributed by atoms with van der Waals surface area (Å²) in [5.74, 6) is 0.0770. The van der Waals surface area contributed by atoms with Gasteiger partial charge in [0.1, 0.15) is 4.75 Å². The Morgan fingerprint density at radius 1 is 1.03 bits per heavy atom. The van der Waals surface area contributed by atoms with Crippen molar-refractivity contribution < 1.29 is 13.2 Å². The summed E-state index contributed by atoms with van der Waals surface area (Å²) in [5, 5.41) is 3.28. The summed E-state index contributed by atoms with van der Waals surface area (Å²) in [5.41, 5.74) is 0.786. The Hall–Kier alpha value is -1.94. The molecule has 1 saturated heterocycles. The smallest absolute Gasteiger partial charge is 0.242 e. The van der Waals surface area contributed by atoms with Crippen LogP contribution in [0.3, 0.4) is 0 Å². The first-order chi connectivity index (χ1) is 16.8. The average Bonchev–Trinajstić information content (AvgIpc) is 3.40. The minimum Gasteiger partial charge on any atom is -0.337 e. The highest BCUT2D eigenvalue weighted by atomic mass is 79.9. The maximum absolute atomic E-state index is 14.1. The number of nitrogens with zero attached hydrogens (tertiary/aromatic N) is 3. The van der Waals surface area contributed by atoms with Gasteiger partial charge >= 0.3 is 0 Å². The summed E-state index contributed by atoms with van der Waals surface area (Å²) in [6.07, 6.45) is 3.91. The Labute approximate surface area is 223 Å². The van der Waals surface area contributed by atoms with Gasteiger partial charge in [0.2, 0.25) is 5.91 Å². The van der Waals surface area contributed by atoms with Gasteiger partial charge in [-0.1, -0.05) is 39.7 Å². The molecule has 184 valence electrons. The lowest BCUT2D eigenvalue weighted by atomic mass is 9.80. The van der Waals surface area contributed by atoms with Crippen molar-refractivity contribution in [3.05, 3.63) is 75.2 Å². The third kappa shape index (κ3) is 4.63. The summed E-state index contributed by atoms with van der Waals surface area (Å²) in [7, 11) is -3.70. The van der Waals surface area contributed by atoms with Crippen LogP contribution < -0.4 is 4.90 Å². The molecule has 1 amide bonds. The lowest BCUT2D eigenvalue weighted by molar-refractivity contribution is -0.134. The highest BCUT2D eigenvalue weighted by Crippen LogP contribution is 2.48. The molecule has 0 bridgehead atoms. The third-order valence-corrected chi connectivity index (χ3v) is 11.3. The summed E-state index contributed by atoms with van der Waals surface area (Å²) in [4.78, 5) is 21.6. The maximum Gasteiger partial charge on any atom is 0.242 e. The molecular formula is C25H25BrClN3O3S2. The van der Waals surface area contributed by atoms with Gasteiger partial charge < -0.3 is 9.80 Å². The van der Waals surface area contributed by atoms with Crippen LogP contribution >= 0.6 is 38.9 Å². The van der Waals surface area contributed by atoms with Crippen molar-refractivity contribution in [3.8, 4) is 0 Å². The van der Waals surface area contributed by atoms with Crippen LogP contribution in [0.4, 0.5) is 5.13 Å². The lowest BCUT2D eigenvalue weighted by Gasteiger charge is -2.45. The van der Waals surface area contributed by atoms with Gasteiger partial charge in [0.05, 0.1) is 11.4 Å². The molecule has 0 N–H and O–H groups in total. The molecule has 1 aromatic heterocycles. The molecule has 1 aliphatic carbocycles. The fourth-order valence-corrected chi connectivity index (χ4v) is 8.52. The number of aromatic nitrogens is 1. The molecule has 2 fully saturated rings. The molecule has 2 heterocycles. The molecule has 0 spiro atoms. The molecular weight excluding hydrogens is 570 g/mol. The van der Waals surface area contributed by atoms with Crippen LogP contribution in [0, 0.1) is 0 Å². The number of benzene rings is 2. The SMILES string of the molecule is O=C1CN(c2nccs2)CCN1C1CCC(c2ccc(Br)cc2)(S(=O)(=O)c2ccc(Cl)cc2)CC1. The summed E-state index contributed by atoms with van der Waals surface area (Å²) < 4.78 is 28.0. The topological polar surface area (TPSA) is 70.6 Å². The predicted octanol–water partition coefficient (Wildman–Crippen LogP) is 5.52. The van der Waals surface area contributed by atoms with E-state index in [1.54, 1.807) is 30.5 Å². The third-order valence-electron chi connectivity index (χ3n) is 7.16. The number of rotatable bonds is 5. The van der Waals surface area contributed by atoms with E-state index in [4.69, 9.17) is 11.6 Å². The number of amides is 1. The van der Waals surface area contributed by atoms with E-state index in [2.05, 4.69) is 20.9 Å². The number of hydrogen-bond acceptors (Lipinski definition) is 6. The molecule has 2 aliphatic rings. The fraction of sp³-hybridized carbons (Fsp3) is 0.360. The van der Waals surface area contributed by atoms with Crippen molar-refractivity contribution in [1.29, 1.82) is 0 Å². The van der Waals surface area contributed by atoms with E-state index in [-0.39, 0.29) is 16.8 Å². The largest absolute Gasteiger partial charge is 0.337 e. The van der Waals surface area contributed by atoms with Crippen LogP contribution in [0.2, 0.25) is 5.02 Å². The maximum atomic E-state index is 14.1. The van der Waals surface area contributed by atoms with Gasteiger partial charge in [0, 0.05) is 40.2 Å². The molecule has 0 unspecified atom stereocenters. The zero-order valence-electron chi connectivity index (χ0n) is 18.9. The van der Waals surface area contributed by atoms with Crippen molar-refractivity contribution in [2.45, 2.75) is 41.4 Å². The highest BCUT2D eigenvalue weighted by molar-refractivity contribution is 9.10.